The average molecular weight is 481 g/mol. The summed E-state index contributed by atoms with van der Waals surface area (Å²) in [5.41, 5.74) is 1.64. The maximum atomic E-state index is 14.0. The third-order valence-electron chi connectivity index (χ3n) is 6.92. The Morgan fingerprint density at radius 1 is 0.943 bits per heavy atom. The minimum absolute atomic E-state index is 0.0244. The first-order valence-corrected chi connectivity index (χ1v) is 12.6. The Morgan fingerprint density at radius 3 is 2.46 bits per heavy atom. The minimum Gasteiger partial charge on any atom is -0.497 e. The smallest absolute Gasteiger partial charge is 0.250 e. The zero-order valence-electron chi connectivity index (χ0n) is 21.0. The number of hydrogen-bond acceptors (Lipinski definition) is 5. The Bertz CT molecular complexity index is 1030. The molecule has 1 heterocycles. The normalized spacial score (nSPS) is 19.1. The van der Waals surface area contributed by atoms with Gasteiger partial charge in [0.2, 0.25) is 5.91 Å². The van der Waals surface area contributed by atoms with E-state index in [0.717, 1.165) is 49.0 Å². The van der Waals surface area contributed by atoms with Gasteiger partial charge in [-0.25, -0.2) is 0 Å². The van der Waals surface area contributed by atoms with Crippen molar-refractivity contribution >= 4 is 11.8 Å². The molecular weight excluding hydrogens is 444 g/mol. The number of rotatable bonds is 9. The second kappa shape index (κ2) is 11.5. The van der Waals surface area contributed by atoms with Crippen LogP contribution in [-0.4, -0.2) is 55.0 Å². The summed E-state index contributed by atoms with van der Waals surface area (Å²) < 4.78 is 16.8. The molecule has 2 amide bonds. The summed E-state index contributed by atoms with van der Waals surface area (Å²) in [4.78, 5) is 31.0. The van der Waals surface area contributed by atoms with Gasteiger partial charge in [-0.3, -0.25) is 9.59 Å². The van der Waals surface area contributed by atoms with E-state index in [1.165, 1.54) is 6.42 Å². The van der Waals surface area contributed by atoms with Crippen molar-refractivity contribution in [2.75, 3.05) is 27.4 Å². The lowest BCUT2D eigenvalue weighted by Gasteiger charge is -2.44. The SMILES string of the molecule is CCCOc1ccc(C2C(=O)N(C3CCCCC3)CC(=O)N2Cc2cccc(OC)c2)cc1OC. The summed E-state index contributed by atoms with van der Waals surface area (Å²) in [5.74, 6) is 1.85. The molecule has 0 spiro atoms. The van der Waals surface area contributed by atoms with E-state index >= 15 is 0 Å². The molecule has 4 rings (SSSR count). The number of ether oxygens (including phenoxy) is 3. The second-order valence-corrected chi connectivity index (χ2v) is 9.29. The van der Waals surface area contributed by atoms with E-state index in [4.69, 9.17) is 14.2 Å². The molecule has 1 aliphatic carbocycles. The summed E-state index contributed by atoms with van der Waals surface area (Å²) in [6.45, 7) is 3.07. The highest BCUT2D eigenvalue weighted by molar-refractivity contribution is 5.96. The number of nitrogens with zero attached hydrogens (tertiary/aromatic N) is 2. The predicted molar refractivity (Wildman–Crippen MR) is 134 cm³/mol. The number of amides is 2. The fraction of sp³-hybridized carbons (Fsp3) is 0.500. The maximum absolute atomic E-state index is 14.0. The van der Waals surface area contributed by atoms with Crippen LogP contribution in [0.25, 0.3) is 0 Å². The van der Waals surface area contributed by atoms with Crippen molar-refractivity contribution in [3.05, 3.63) is 53.6 Å². The minimum atomic E-state index is -0.724. The Kier molecular flexibility index (Phi) is 8.16. The van der Waals surface area contributed by atoms with E-state index in [2.05, 4.69) is 0 Å². The van der Waals surface area contributed by atoms with E-state index < -0.39 is 6.04 Å². The molecular formula is C28H36N2O5. The third kappa shape index (κ3) is 5.55. The zero-order valence-corrected chi connectivity index (χ0v) is 21.0. The van der Waals surface area contributed by atoms with E-state index in [9.17, 15) is 9.59 Å². The van der Waals surface area contributed by atoms with Crippen molar-refractivity contribution in [2.24, 2.45) is 0 Å². The Morgan fingerprint density at radius 2 is 1.74 bits per heavy atom. The van der Waals surface area contributed by atoms with Gasteiger partial charge in [0.1, 0.15) is 18.3 Å². The van der Waals surface area contributed by atoms with Crippen LogP contribution in [-0.2, 0) is 16.1 Å². The summed E-state index contributed by atoms with van der Waals surface area (Å²) in [5, 5.41) is 0. The Balaban J connectivity index is 1.70. The van der Waals surface area contributed by atoms with Gasteiger partial charge in [0.25, 0.3) is 5.91 Å². The molecule has 1 saturated heterocycles. The van der Waals surface area contributed by atoms with Crippen LogP contribution in [0.3, 0.4) is 0 Å². The number of carbonyl (C=O) groups is 2. The van der Waals surface area contributed by atoms with Gasteiger partial charge in [-0.05, 0) is 54.7 Å². The molecule has 188 valence electrons. The molecule has 7 nitrogen and oxygen atoms in total. The molecule has 1 unspecified atom stereocenters. The molecule has 2 fully saturated rings. The standard InChI is InChI=1S/C28H36N2O5/c1-4-15-35-24-14-13-21(17-25(24)34-3)27-28(32)29(22-10-6-5-7-11-22)19-26(31)30(27)18-20-9-8-12-23(16-20)33-2/h8-9,12-14,16-17,22,27H,4-7,10-11,15,18-19H2,1-3H3. The van der Waals surface area contributed by atoms with Gasteiger partial charge in [-0.15, -0.1) is 0 Å². The van der Waals surface area contributed by atoms with Gasteiger partial charge in [-0.1, -0.05) is 44.4 Å². The fourth-order valence-corrected chi connectivity index (χ4v) is 5.11. The van der Waals surface area contributed by atoms with Crippen LogP contribution in [0, 0.1) is 0 Å². The molecule has 0 aromatic heterocycles. The second-order valence-electron chi connectivity index (χ2n) is 9.29. The first kappa shape index (κ1) is 24.9. The van der Waals surface area contributed by atoms with Gasteiger partial charge < -0.3 is 24.0 Å². The monoisotopic (exact) mass is 480 g/mol. The van der Waals surface area contributed by atoms with Crippen LogP contribution < -0.4 is 14.2 Å². The molecule has 0 N–H and O–H groups in total. The average Bonchev–Trinajstić information content (AvgIpc) is 2.90. The van der Waals surface area contributed by atoms with Crippen molar-refractivity contribution in [1.29, 1.82) is 0 Å². The number of piperazine rings is 1. The molecule has 1 aliphatic heterocycles. The Labute approximate surface area is 207 Å². The molecule has 2 aromatic rings. The highest BCUT2D eigenvalue weighted by atomic mass is 16.5. The lowest BCUT2D eigenvalue weighted by atomic mass is 9.91. The van der Waals surface area contributed by atoms with Crippen molar-refractivity contribution in [1.82, 2.24) is 9.80 Å². The third-order valence-corrected chi connectivity index (χ3v) is 6.92. The number of hydrogen-bond donors (Lipinski definition) is 0. The van der Waals surface area contributed by atoms with Crippen molar-refractivity contribution in [3.8, 4) is 17.2 Å². The van der Waals surface area contributed by atoms with Crippen molar-refractivity contribution in [2.45, 2.75) is 64.1 Å². The number of methoxy groups -OCH3 is 2. The van der Waals surface area contributed by atoms with Gasteiger partial charge in [-0.2, -0.15) is 0 Å². The van der Waals surface area contributed by atoms with Crippen LogP contribution in [0.1, 0.15) is 62.6 Å². The molecule has 7 heteroatoms. The molecule has 35 heavy (non-hydrogen) atoms. The van der Waals surface area contributed by atoms with Crippen molar-refractivity contribution in [3.63, 3.8) is 0 Å². The summed E-state index contributed by atoms with van der Waals surface area (Å²) >= 11 is 0. The summed E-state index contributed by atoms with van der Waals surface area (Å²) in [7, 11) is 3.21. The first-order valence-electron chi connectivity index (χ1n) is 12.6. The van der Waals surface area contributed by atoms with Gasteiger partial charge in [0.15, 0.2) is 11.5 Å². The molecule has 2 aromatic carbocycles. The summed E-state index contributed by atoms with van der Waals surface area (Å²) in [6, 6.07) is 12.6. The highest BCUT2D eigenvalue weighted by Crippen LogP contribution is 2.37. The van der Waals surface area contributed by atoms with Gasteiger partial charge in [0.05, 0.1) is 20.8 Å². The zero-order chi connectivity index (χ0) is 24.8. The molecule has 1 saturated carbocycles. The topological polar surface area (TPSA) is 68.3 Å². The highest BCUT2D eigenvalue weighted by Gasteiger charge is 2.43. The van der Waals surface area contributed by atoms with Crippen LogP contribution >= 0.6 is 0 Å². The van der Waals surface area contributed by atoms with Crippen molar-refractivity contribution < 1.29 is 23.8 Å². The van der Waals surface area contributed by atoms with E-state index in [0.29, 0.717) is 24.7 Å². The molecule has 0 radical (unpaired) electrons. The van der Waals surface area contributed by atoms with Crippen LogP contribution in [0.5, 0.6) is 17.2 Å². The van der Waals surface area contributed by atoms with Crippen LogP contribution in [0.2, 0.25) is 0 Å². The van der Waals surface area contributed by atoms with Crippen LogP contribution in [0.15, 0.2) is 42.5 Å². The lowest BCUT2D eigenvalue weighted by Crippen LogP contribution is -2.58. The molecule has 2 aliphatic rings. The molecule has 0 bridgehead atoms. The first-order chi connectivity index (χ1) is 17.0. The van der Waals surface area contributed by atoms with Crippen LogP contribution in [0.4, 0.5) is 0 Å². The quantitative estimate of drug-likeness (QED) is 0.519. The Hall–Kier alpha value is -3.22. The fourth-order valence-electron chi connectivity index (χ4n) is 5.11. The maximum Gasteiger partial charge on any atom is 0.250 e. The van der Waals surface area contributed by atoms with E-state index in [-0.39, 0.29) is 24.4 Å². The largest absolute Gasteiger partial charge is 0.497 e. The van der Waals surface area contributed by atoms with Gasteiger partial charge in [0, 0.05) is 12.6 Å². The summed E-state index contributed by atoms with van der Waals surface area (Å²) in [6.07, 6.45) is 6.17. The van der Waals surface area contributed by atoms with E-state index in [1.807, 2.05) is 54.3 Å². The predicted octanol–water partition coefficient (Wildman–Crippen LogP) is 4.74. The van der Waals surface area contributed by atoms with E-state index in [1.54, 1.807) is 19.1 Å². The molecule has 1 atom stereocenters. The number of benzene rings is 2. The number of carbonyl (C=O) groups excluding carboxylic acids is 2. The van der Waals surface area contributed by atoms with Gasteiger partial charge >= 0.3 is 0 Å². The lowest BCUT2D eigenvalue weighted by molar-refractivity contribution is -0.160.